The second kappa shape index (κ2) is 6.10. The summed E-state index contributed by atoms with van der Waals surface area (Å²) in [5.74, 6) is -0.487. The summed E-state index contributed by atoms with van der Waals surface area (Å²) in [7, 11) is 0. The summed E-state index contributed by atoms with van der Waals surface area (Å²) >= 11 is 2.89. The Morgan fingerprint density at radius 2 is 2.27 bits per heavy atom. The van der Waals surface area contributed by atoms with Crippen LogP contribution in [-0.4, -0.2) is 22.0 Å². The van der Waals surface area contributed by atoms with E-state index in [1.807, 2.05) is 6.92 Å². The van der Waals surface area contributed by atoms with E-state index in [9.17, 15) is 9.59 Å². The smallest absolute Gasteiger partial charge is 0.239 e. The van der Waals surface area contributed by atoms with Gasteiger partial charge >= 0.3 is 0 Å². The molecule has 1 aromatic heterocycles. The maximum atomic E-state index is 12.3. The lowest BCUT2D eigenvalue weighted by Crippen LogP contribution is -2.24. The molecule has 3 rings (SSSR count). The molecule has 0 saturated carbocycles. The zero-order valence-electron chi connectivity index (χ0n) is 12.0. The number of carbonyl (C=O) groups is 2. The van der Waals surface area contributed by atoms with Crippen molar-refractivity contribution in [3.63, 3.8) is 0 Å². The fraction of sp³-hybridized carbons (Fsp3) is 0.267. The molecule has 1 aliphatic heterocycles. The molecule has 114 valence electrons. The Morgan fingerprint density at radius 1 is 1.45 bits per heavy atom. The fourth-order valence-electron chi connectivity index (χ4n) is 2.29. The number of primary amides is 1. The molecule has 3 N–H and O–H groups in total. The average Bonchev–Trinajstić information content (AvgIpc) is 3.04. The first-order valence-corrected chi connectivity index (χ1v) is 8.57. The van der Waals surface area contributed by atoms with Gasteiger partial charge in [0.1, 0.15) is 0 Å². The number of anilines is 1. The van der Waals surface area contributed by atoms with Gasteiger partial charge in [-0.25, -0.2) is 4.98 Å². The van der Waals surface area contributed by atoms with E-state index < -0.39 is 5.91 Å². The van der Waals surface area contributed by atoms with Crippen LogP contribution in [0.25, 0.3) is 0 Å². The molecule has 1 unspecified atom stereocenters. The zero-order valence-corrected chi connectivity index (χ0v) is 13.6. The largest absolute Gasteiger partial charge is 0.369 e. The van der Waals surface area contributed by atoms with Crippen molar-refractivity contribution in [1.29, 1.82) is 0 Å². The van der Waals surface area contributed by atoms with Crippen molar-refractivity contribution in [3.8, 4) is 0 Å². The molecule has 0 fully saturated rings. The van der Waals surface area contributed by atoms with Crippen LogP contribution in [0, 0.1) is 6.92 Å². The number of nitrogens with two attached hydrogens (primary N) is 1. The molecule has 0 saturated heterocycles. The number of fused-ring (bicyclic) bond motifs is 1. The summed E-state index contributed by atoms with van der Waals surface area (Å²) in [6, 6.07) is 6.26. The van der Waals surface area contributed by atoms with E-state index in [-0.39, 0.29) is 17.6 Å². The SMILES string of the molecule is Cc1ccc2c(c1)SC(C(=O)Nc1nc(CC(N)=O)cs1)C2. The van der Waals surface area contributed by atoms with Crippen LogP contribution in [0.4, 0.5) is 5.13 Å². The molecule has 0 spiro atoms. The van der Waals surface area contributed by atoms with Crippen LogP contribution < -0.4 is 11.1 Å². The van der Waals surface area contributed by atoms with Gasteiger partial charge in [-0.2, -0.15) is 0 Å². The van der Waals surface area contributed by atoms with Crippen LogP contribution >= 0.6 is 23.1 Å². The topological polar surface area (TPSA) is 85.1 Å². The number of hydrogen-bond acceptors (Lipinski definition) is 5. The zero-order chi connectivity index (χ0) is 15.7. The molecule has 1 aromatic carbocycles. The summed E-state index contributed by atoms with van der Waals surface area (Å²) in [5.41, 5.74) is 8.13. The first-order chi connectivity index (χ1) is 10.5. The molecule has 0 bridgehead atoms. The Kier molecular flexibility index (Phi) is 4.17. The fourth-order valence-corrected chi connectivity index (χ4v) is 4.30. The Balaban J connectivity index is 1.64. The third kappa shape index (κ3) is 3.31. The molecule has 2 aromatic rings. The van der Waals surface area contributed by atoms with Crippen molar-refractivity contribution >= 4 is 40.0 Å². The molecular weight excluding hydrogens is 318 g/mol. The first kappa shape index (κ1) is 15.1. The van der Waals surface area contributed by atoms with E-state index in [1.54, 1.807) is 17.1 Å². The molecule has 7 heteroatoms. The molecule has 1 atom stereocenters. The Hall–Kier alpha value is -1.86. The maximum Gasteiger partial charge on any atom is 0.239 e. The number of thioether (sulfide) groups is 1. The minimum atomic E-state index is -0.430. The predicted molar refractivity (Wildman–Crippen MR) is 88.2 cm³/mol. The van der Waals surface area contributed by atoms with Crippen molar-refractivity contribution in [2.24, 2.45) is 5.73 Å². The lowest BCUT2D eigenvalue weighted by molar-refractivity contribution is -0.117. The molecule has 0 radical (unpaired) electrons. The van der Waals surface area contributed by atoms with Crippen LogP contribution in [0.3, 0.4) is 0 Å². The van der Waals surface area contributed by atoms with E-state index in [2.05, 4.69) is 28.5 Å². The number of thiazole rings is 1. The lowest BCUT2D eigenvalue weighted by Gasteiger charge is -2.07. The molecular formula is C15H15N3O2S2. The van der Waals surface area contributed by atoms with Crippen molar-refractivity contribution in [3.05, 3.63) is 40.4 Å². The predicted octanol–water partition coefficient (Wildman–Crippen LogP) is 2.13. The van der Waals surface area contributed by atoms with Gasteiger partial charge in [-0.05, 0) is 25.0 Å². The summed E-state index contributed by atoms with van der Waals surface area (Å²) < 4.78 is 0. The first-order valence-electron chi connectivity index (χ1n) is 6.81. The van der Waals surface area contributed by atoms with Gasteiger partial charge in [0.15, 0.2) is 5.13 Å². The van der Waals surface area contributed by atoms with Crippen molar-refractivity contribution in [1.82, 2.24) is 4.98 Å². The molecule has 2 heterocycles. The van der Waals surface area contributed by atoms with Gasteiger partial charge < -0.3 is 11.1 Å². The molecule has 2 amide bonds. The highest BCUT2D eigenvalue weighted by atomic mass is 32.2. The van der Waals surface area contributed by atoms with Gasteiger partial charge in [-0.1, -0.05) is 17.7 Å². The monoisotopic (exact) mass is 333 g/mol. The quantitative estimate of drug-likeness (QED) is 0.897. The van der Waals surface area contributed by atoms with Crippen LogP contribution in [0.15, 0.2) is 28.5 Å². The maximum absolute atomic E-state index is 12.3. The number of benzene rings is 1. The van der Waals surface area contributed by atoms with Crippen molar-refractivity contribution in [2.75, 3.05) is 5.32 Å². The molecule has 5 nitrogen and oxygen atoms in total. The number of nitrogens with zero attached hydrogens (tertiary/aromatic N) is 1. The highest BCUT2D eigenvalue weighted by molar-refractivity contribution is 8.01. The van der Waals surface area contributed by atoms with Crippen LogP contribution in [0.1, 0.15) is 16.8 Å². The van der Waals surface area contributed by atoms with Crippen molar-refractivity contribution in [2.45, 2.75) is 29.9 Å². The number of carbonyl (C=O) groups excluding carboxylic acids is 2. The number of rotatable bonds is 4. The van der Waals surface area contributed by atoms with Gasteiger partial charge in [0, 0.05) is 10.3 Å². The highest BCUT2D eigenvalue weighted by Crippen LogP contribution is 2.38. The van der Waals surface area contributed by atoms with Crippen molar-refractivity contribution < 1.29 is 9.59 Å². The minimum Gasteiger partial charge on any atom is -0.369 e. The van der Waals surface area contributed by atoms with E-state index in [0.717, 1.165) is 6.42 Å². The van der Waals surface area contributed by atoms with E-state index in [0.29, 0.717) is 10.8 Å². The third-order valence-corrected chi connectivity index (χ3v) is 5.43. The van der Waals surface area contributed by atoms with Crippen LogP contribution in [-0.2, 0) is 22.4 Å². The minimum absolute atomic E-state index is 0.0566. The highest BCUT2D eigenvalue weighted by Gasteiger charge is 2.28. The third-order valence-electron chi connectivity index (χ3n) is 3.33. The second-order valence-corrected chi connectivity index (χ2v) is 7.30. The Morgan fingerprint density at radius 3 is 3.05 bits per heavy atom. The van der Waals surface area contributed by atoms with Crippen LogP contribution in [0.2, 0.25) is 0 Å². The summed E-state index contributed by atoms with van der Waals surface area (Å²) in [6.07, 6.45) is 0.820. The number of amides is 2. The van der Waals surface area contributed by atoms with E-state index in [4.69, 9.17) is 5.73 Å². The Bertz CT molecular complexity index is 742. The van der Waals surface area contributed by atoms with Gasteiger partial charge in [0.2, 0.25) is 11.8 Å². The molecule has 0 aliphatic carbocycles. The summed E-state index contributed by atoms with van der Waals surface area (Å²) in [5, 5.41) is 4.93. The second-order valence-electron chi connectivity index (χ2n) is 5.20. The normalized spacial score (nSPS) is 16.3. The van der Waals surface area contributed by atoms with E-state index in [1.165, 1.54) is 27.4 Å². The standard InChI is InChI=1S/C15H15N3O2S2/c1-8-2-3-9-5-12(22-11(9)4-8)14(20)18-15-17-10(7-21-15)6-13(16)19/h2-4,7,12H,5-6H2,1H3,(H2,16,19)(H,17,18,20). The number of hydrogen-bond donors (Lipinski definition) is 2. The average molecular weight is 333 g/mol. The molecule has 22 heavy (non-hydrogen) atoms. The lowest BCUT2D eigenvalue weighted by atomic mass is 10.1. The van der Waals surface area contributed by atoms with Gasteiger partial charge in [0.25, 0.3) is 0 Å². The summed E-state index contributed by atoms with van der Waals surface area (Å²) in [4.78, 5) is 28.6. The van der Waals surface area contributed by atoms with E-state index >= 15 is 0 Å². The Labute approximate surface area is 136 Å². The van der Waals surface area contributed by atoms with Gasteiger partial charge in [-0.3, -0.25) is 9.59 Å². The number of nitrogens with one attached hydrogen (secondary N) is 1. The van der Waals surface area contributed by atoms with Gasteiger partial charge in [-0.15, -0.1) is 23.1 Å². The summed E-state index contributed by atoms with van der Waals surface area (Å²) in [6.45, 7) is 2.05. The number of aryl methyl sites for hydroxylation is 1. The van der Waals surface area contributed by atoms with Gasteiger partial charge in [0.05, 0.1) is 17.4 Å². The number of aromatic nitrogens is 1. The molecule has 1 aliphatic rings. The van der Waals surface area contributed by atoms with Crippen LogP contribution in [0.5, 0.6) is 0 Å².